The highest BCUT2D eigenvalue weighted by Gasteiger charge is 2.26. The van der Waals surface area contributed by atoms with E-state index in [2.05, 4.69) is 10.6 Å². The topological polar surface area (TPSA) is 155 Å². The van der Waals surface area contributed by atoms with E-state index in [1.807, 2.05) is 25.3 Å². The molecule has 42 heavy (non-hydrogen) atoms. The molecule has 0 atom stereocenters. The number of carboxylic acids is 1. The summed E-state index contributed by atoms with van der Waals surface area (Å²) < 4.78 is 20.5. The summed E-state index contributed by atoms with van der Waals surface area (Å²) in [7, 11) is 0. The number of anilines is 1. The second kappa shape index (κ2) is 11.5. The molecule has 1 aliphatic rings. The minimum atomic E-state index is -1.28. The van der Waals surface area contributed by atoms with E-state index in [-0.39, 0.29) is 45.0 Å². The summed E-state index contributed by atoms with van der Waals surface area (Å²) in [5.74, 6) is -2.86. The van der Waals surface area contributed by atoms with Crippen LogP contribution in [0, 0.1) is 17.1 Å². The van der Waals surface area contributed by atoms with Crippen molar-refractivity contribution in [3.05, 3.63) is 93.6 Å². The highest BCUT2D eigenvalue weighted by molar-refractivity contribution is 7.13. The average Bonchev–Trinajstić information content (AvgIpc) is 3.44. The fraction of sp³-hybridized carbons (Fsp3) is 0.161. The number of fused-ring (bicyclic) bond motifs is 3. The number of carboxylic acid groups (broad SMARTS) is 1. The number of amides is 2. The molecule has 2 amide bonds. The second-order valence-corrected chi connectivity index (χ2v) is 11.1. The van der Waals surface area contributed by atoms with Gasteiger partial charge >= 0.3 is 5.97 Å². The van der Waals surface area contributed by atoms with Gasteiger partial charge in [-0.25, -0.2) is 9.18 Å². The lowest BCUT2D eigenvalue weighted by molar-refractivity contribution is 0.0697. The van der Waals surface area contributed by atoms with E-state index in [0.717, 1.165) is 16.5 Å². The number of benzene rings is 3. The molecule has 0 bridgehead atoms. The van der Waals surface area contributed by atoms with Crippen LogP contribution in [-0.2, 0) is 6.61 Å². The van der Waals surface area contributed by atoms with Crippen LogP contribution in [0.2, 0.25) is 0 Å². The van der Waals surface area contributed by atoms with Crippen LogP contribution < -0.4 is 21.1 Å². The Hall–Kier alpha value is -5.03. The number of thiophene rings is 1. The van der Waals surface area contributed by atoms with E-state index in [1.54, 1.807) is 12.1 Å². The molecule has 214 valence electrons. The van der Waals surface area contributed by atoms with Crippen LogP contribution in [0.5, 0.6) is 5.75 Å². The van der Waals surface area contributed by atoms with E-state index in [0.29, 0.717) is 24.5 Å². The third-order valence-corrected chi connectivity index (χ3v) is 7.72. The van der Waals surface area contributed by atoms with Gasteiger partial charge in [-0.1, -0.05) is 19.9 Å². The number of carbonyl (C=O) groups is 3. The number of nitrogen functional groups attached to an aromatic ring is 1. The van der Waals surface area contributed by atoms with Crippen molar-refractivity contribution in [3.63, 3.8) is 0 Å². The van der Waals surface area contributed by atoms with Gasteiger partial charge in [0.1, 0.15) is 24.0 Å². The van der Waals surface area contributed by atoms with Crippen LogP contribution in [0.1, 0.15) is 56.0 Å². The highest BCUT2D eigenvalue weighted by atomic mass is 32.1. The zero-order valence-corrected chi connectivity index (χ0v) is 23.5. The SMILES string of the molecule is CC(C)CNC(=O)c1ccc(-c2cc3c(cc2C(=O)Nc2ccc(C(=N)N)c(F)c2)-c2sccc2CO3)c(C(=O)O)c1. The van der Waals surface area contributed by atoms with Gasteiger partial charge in [0.25, 0.3) is 11.8 Å². The first kappa shape index (κ1) is 28.5. The Morgan fingerprint density at radius 1 is 1.00 bits per heavy atom. The first-order valence-electron chi connectivity index (χ1n) is 13.0. The number of nitrogens with two attached hydrogens (primary N) is 1. The number of hydrogen-bond donors (Lipinski definition) is 5. The number of hydrogen-bond acceptors (Lipinski definition) is 6. The summed E-state index contributed by atoms with van der Waals surface area (Å²) in [6.07, 6.45) is 0. The van der Waals surface area contributed by atoms with Crippen LogP contribution in [0.25, 0.3) is 21.6 Å². The number of nitrogens with one attached hydrogen (secondary N) is 3. The third kappa shape index (κ3) is 5.59. The Morgan fingerprint density at radius 3 is 2.48 bits per heavy atom. The summed E-state index contributed by atoms with van der Waals surface area (Å²) in [6.45, 7) is 4.64. The highest BCUT2D eigenvalue weighted by Crippen LogP contribution is 2.45. The minimum Gasteiger partial charge on any atom is -0.488 e. The van der Waals surface area contributed by atoms with Gasteiger partial charge in [0.2, 0.25) is 0 Å². The van der Waals surface area contributed by atoms with E-state index in [1.165, 1.54) is 41.7 Å². The van der Waals surface area contributed by atoms with Gasteiger partial charge in [-0.3, -0.25) is 15.0 Å². The molecule has 2 heterocycles. The van der Waals surface area contributed by atoms with Gasteiger partial charge in [0.15, 0.2) is 0 Å². The van der Waals surface area contributed by atoms with Gasteiger partial charge in [-0.15, -0.1) is 11.3 Å². The number of ether oxygens (including phenoxy) is 1. The monoisotopic (exact) mass is 586 g/mol. The molecule has 9 nitrogen and oxygen atoms in total. The van der Waals surface area contributed by atoms with Gasteiger partial charge in [0, 0.05) is 39.4 Å². The van der Waals surface area contributed by atoms with E-state index < -0.39 is 29.4 Å². The maximum atomic E-state index is 14.5. The normalized spacial score (nSPS) is 11.7. The number of amidine groups is 1. The molecule has 0 saturated carbocycles. The first-order valence-corrected chi connectivity index (χ1v) is 13.9. The van der Waals surface area contributed by atoms with Gasteiger partial charge < -0.3 is 26.2 Å². The van der Waals surface area contributed by atoms with Crippen molar-refractivity contribution >= 4 is 40.6 Å². The second-order valence-electron chi connectivity index (χ2n) is 10.2. The Labute approximate surface area is 244 Å². The van der Waals surface area contributed by atoms with Crippen molar-refractivity contribution in [2.75, 3.05) is 11.9 Å². The molecular formula is C31H27FN4O5S. The van der Waals surface area contributed by atoms with Gasteiger partial charge in [-0.2, -0.15) is 0 Å². The maximum Gasteiger partial charge on any atom is 0.336 e. The zero-order chi connectivity index (χ0) is 30.1. The predicted molar refractivity (Wildman–Crippen MR) is 159 cm³/mol. The van der Waals surface area contributed by atoms with Crippen molar-refractivity contribution in [2.24, 2.45) is 11.7 Å². The number of carbonyl (C=O) groups excluding carboxylic acids is 2. The maximum absolute atomic E-state index is 14.5. The Bertz CT molecular complexity index is 1760. The molecule has 3 aromatic carbocycles. The lowest BCUT2D eigenvalue weighted by Crippen LogP contribution is -2.27. The molecular weight excluding hydrogens is 559 g/mol. The summed E-state index contributed by atoms with van der Waals surface area (Å²) in [5, 5.41) is 25.0. The van der Waals surface area contributed by atoms with Crippen molar-refractivity contribution in [2.45, 2.75) is 20.5 Å². The Kier molecular flexibility index (Phi) is 7.77. The van der Waals surface area contributed by atoms with Crippen LogP contribution in [-0.4, -0.2) is 35.3 Å². The molecule has 4 aromatic rings. The first-order chi connectivity index (χ1) is 20.0. The van der Waals surface area contributed by atoms with Crippen LogP contribution in [0.4, 0.5) is 10.1 Å². The summed E-state index contributed by atoms with van der Waals surface area (Å²) in [4.78, 5) is 39.8. The zero-order valence-electron chi connectivity index (χ0n) is 22.7. The third-order valence-electron chi connectivity index (χ3n) is 6.73. The molecule has 6 N–H and O–H groups in total. The average molecular weight is 587 g/mol. The van der Waals surface area contributed by atoms with E-state index in [9.17, 15) is 23.9 Å². The van der Waals surface area contributed by atoms with Crippen LogP contribution in [0.15, 0.2) is 60.0 Å². The van der Waals surface area contributed by atoms with Crippen molar-refractivity contribution in [1.29, 1.82) is 5.41 Å². The molecule has 1 aromatic heterocycles. The number of halogens is 1. The lowest BCUT2D eigenvalue weighted by atomic mass is 9.90. The molecule has 0 radical (unpaired) electrons. The number of rotatable bonds is 8. The lowest BCUT2D eigenvalue weighted by Gasteiger charge is -2.22. The van der Waals surface area contributed by atoms with Crippen molar-refractivity contribution in [3.8, 4) is 27.3 Å². The number of aromatic carboxylic acids is 1. The Balaban J connectivity index is 1.62. The molecule has 0 fully saturated rings. The van der Waals surface area contributed by atoms with Crippen molar-refractivity contribution in [1.82, 2.24) is 5.32 Å². The molecule has 0 unspecified atom stereocenters. The molecule has 0 spiro atoms. The largest absolute Gasteiger partial charge is 0.488 e. The van der Waals surface area contributed by atoms with Crippen molar-refractivity contribution < 1.29 is 28.6 Å². The predicted octanol–water partition coefficient (Wildman–Crippen LogP) is 5.73. The molecule has 11 heteroatoms. The van der Waals surface area contributed by atoms with Gasteiger partial charge in [-0.05, 0) is 71.0 Å². The summed E-state index contributed by atoms with van der Waals surface area (Å²) in [6, 6.07) is 13.2. The molecule has 5 rings (SSSR count). The van der Waals surface area contributed by atoms with Gasteiger partial charge in [0.05, 0.1) is 11.1 Å². The minimum absolute atomic E-state index is 0.103. The Morgan fingerprint density at radius 2 is 1.79 bits per heavy atom. The smallest absolute Gasteiger partial charge is 0.336 e. The van der Waals surface area contributed by atoms with E-state index >= 15 is 0 Å². The summed E-state index contributed by atoms with van der Waals surface area (Å²) in [5.41, 5.74) is 7.62. The standard InChI is InChI=1S/C31H27FN4O5S/c1-15(2)13-35-29(37)16-3-5-19(23(9-16)31(39)40)21-12-26-24(27-17(14-41-26)7-8-42-27)11-22(21)30(38)36-18-4-6-20(28(33)34)25(32)10-18/h3-12,15H,13-14H2,1-2H3,(H3,33,34)(H,35,37)(H,36,38)(H,39,40). The van der Waals surface area contributed by atoms with Crippen LogP contribution in [0.3, 0.4) is 0 Å². The fourth-order valence-electron chi connectivity index (χ4n) is 4.63. The molecule has 1 aliphatic heterocycles. The van der Waals surface area contributed by atoms with E-state index in [4.69, 9.17) is 15.9 Å². The molecule has 0 saturated heterocycles. The molecule has 0 aliphatic carbocycles. The van der Waals surface area contributed by atoms with Crippen LogP contribution >= 0.6 is 11.3 Å². The fourth-order valence-corrected chi connectivity index (χ4v) is 5.57. The summed E-state index contributed by atoms with van der Waals surface area (Å²) >= 11 is 1.49. The quantitative estimate of drug-likeness (QED) is 0.131.